The highest BCUT2D eigenvalue weighted by molar-refractivity contribution is 5.86. The third-order valence-electron chi connectivity index (χ3n) is 4.63. The zero-order chi connectivity index (χ0) is 18.1. The minimum atomic E-state index is -0.776. The molecule has 3 aromatic rings. The molecule has 4 rings (SSSR count). The molecule has 7 heteroatoms. The van der Waals surface area contributed by atoms with Crippen molar-refractivity contribution < 1.29 is 17.9 Å². The van der Waals surface area contributed by atoms with E-state index in [1.807, 2.05) is 0 Å². The molecule has 4 nitrogen and oxygen atoms in total. The van der Waals surface area contributed by atoms with E-state index in [2.05, 4.69) is 10.4 Å². The van der Waals surface area contributed by atoms with Crippen LogP contribution in [0.25, 0.3) is 16.6 Å². The molecule has 0 saturated carbocycles. The fourth-order valence-corrected chi connectivity index (χ4v) is 3.32. The van der Waals surface area contributed by atoms with Gasteiger partial charge in [-0.05, 0) is 43.7 Å². The van der Waals surface area contributed by atoms with Crippen LogP contribution < -0.4 is 10.1 Å². The van der Waals surface area contributed by atoms with Crippen molar-refractivity contribution >= 4 is 10.9 Å². The molecule has 1 aliphatic heterocycles. The number of halogens is 3. The fraction of sp³-hybridized carbons (Fsp3) is 0.316. The van der Waals surface area contributed by atoms with Gasteiger partial charge in [0.2, 0.25) is 5.88 Å². The molecule has 2 heterocycles. The lowest BCUT2D eigenvalue weighted by atomic mass is 10.0. The van der Waals surface area contributed by atoms with E-state index in [4.69, 9.17) is 4.74 Å². The number of ether oxygens (including phenoxy) is 1. The van der Waals surface area contributed by atoms with E-state index in [-0.39, 0.29) is 22.5 Å². The molecule has 26 heavy (non-hydrogen) atoms. The number of piperidine rings is 1. The molecule has 1 aromatic heterocycles. The van der Waals surface area contributed by atoms with Crippen molar-refractivity contribution in [2.24, 2.45) is 5.92 Å². The van der Waals surface area contributed by atoms with Crippen molar-refractivity contribution in [1.82, 2.24) is 15.1 Å². The van der Waals surface area contributed by atoms with E-state index in [1.54, 1.807) is 6.07 Å². The Kier molecular flexibility index (Phi) is 4.55. The molecule has 1 fully saturated rings. The first-order valence-electron chi connectivity index (χ1n) is 8.60. The molecule has 0 aliphatic carbocycles. The van der Waals surface area contributed by atoms with Crippen molar-refractivity contribution in [2.75, 3.05) is 19.7 Å². The van der Waals surface area contributed by atoms with Gasteiger partial charge in [0.15, 0.2) is 11.6 Å². The van der Waals surface area contributed by atoms with Gasteiger partial charge in [-0.1, -0.05) is 12.1 Å². The Labute approximate surface area is 148 Å². The average Bonchev–Trinajstić information content (AvgIpc) is 3.01. The van der Waals surface area contributed by atoms with Gasteiger partial charge in [-0.25, -0.2) is 17.9 Å². The summed E-state index contributed by atoms with van der Waals surface area (Å²) in [5.41, 5.74) is -0.0944. The van der Waals surface area contributed by atoms with Crippen LogP contribution in [0.15, 0.2) is 36.4 Å². The first kappa shape index (κ1) is 16.9. The number of nitrogens with one attached hydrogen (secondary N) is 1. The van der Waals surface area contributed by atoms with Crippen LogP contribution in [0.3, 0.4) is 0 Å². The maximum absolute atomic E-state index is 14.4. The zero-order valence-corrected chi connectivity index (χ0v) is 14.0. The molecule has 136 valence electrons. The Bertz CT molecular complexity index is 915. The summed E-state index contributed by atoms with van der Waals surface area (Å²) in [6.07, 6.45) is 2.06. The Hall–Kier alpha value is -2.54. The second kappa shape index (κ2) is 6.99. The van der Waals surface area contributed by atoms with E-state index < -0.39 is 17.5 Å². The second-order valence-electron chi connectivity index (χ2n) is 6.44. The molecule has 0 bridgehead atoms. The van der Waals surface area contributed by atoms with Crippen LogP contribution in [-0.4, -0.2) is 29.5 Å². The largest absolute Gasteiger partial charge is 0.476 e. The van der Waals surface area contributed by atoms with Gasteiger partial charge in [-0.3, -0.25) is 0 Å². The lowest BCUT2D eigenvalue weighted by molar-refractivity contribution is 0.212. The smallest absolute Gasteiger partial charge is 0.244 e. The number of fused-ring (bicyclic) bond motifs is 1. The molecule has 1 N–H and O–H groups in total. The lowest BCUT2D eigenvalue weighted by Crippen LogP contribution is -2.33. The lowest BCUT2D eigenvalue weighted by Gasteiger charge is -2.22. The van der Waals surface area contributed by atoms with Crippen LogP contribution in [0.1, 0.15) is 12.8 Å². The van der Waals surface area contributed by atoms with Gasteiger partial charge in [0.25, 0.3) is 0 Å². The molecule has 0 spiro atoms. The van der Waals surface area contributed by atoms with Crippen LogP contribution in [0.5, 0.6) is 5.88 Å². The summed E-state index contributed by atoms with van der Waals surface area (Å²) in [5.74, 6) is -1.75. The van der Waals surface area contributed by atoms with Crippen molar-refractivity contribution in [2.45, 2.75) is 12.8 Å². The topological polar surface area (TPSA) is 39.1 Å². The summed E-state index contributed by atoms with van der Waals surface area (Å²) >= 11 is 0. The summed E-state index contributed by atoms with van der Waals surface area (Å²) in [6.45, 7) is 2.17. The Morgan fingerprint density at radius 2 is 1.81 bits per heavy atom. The van der Waals surface area contributed by atoms with Gasteiger partial charge in [-0.2, -0.15) is 0 Å². The van der Waals surface area contributed by atoms with E-state index in [0.29, 0.717) is 12.5 Å². The fourth-order valence-electron chi connectivity index (χ4n) is 3.32. The Morgan fingerprint density at radius 3 is 2.54 bits per heavy atom. The number of para-hydroxylation sites is 1. The summed E-state index contributed by atoms with van der Waals surface area (Å²) in [7, 11) is 0. The van der Waals surface area contributed by atoms with Crippen molar-refractivity contribution in [3.05, 3.63) is 53.8 Å². The average molecular weight is 361 g/mol. The van der Waals surface area contributed by atoms with Crippen LogP contribution in [0.4, 0.5) is 13.2 Å². The summed E-state index contributed by atoms with van der Waals surface area (Å²) in [4.78, 5) is 0. The van der Waals surface area contributed by atoms with Gasteiger partial charge in [-0.15, -0.1) is 5.10 Å². The van der Waals surface area contributed by atoms with Crippen LogP contribution in [0, 0.1) is 23.4 Å². The Balaban J connectivity index is 1.76. The number of hydrogen-bond donors (Lipinski definition) is 1. The molecule has 1 saturated heterocycles. The summed E-state index contributed by atoms with van der Waals surface area (Å²) in [5, 5.41) is 7.59. The van der Waals surface area contributed by atoms with E-state index >= 15 is 0 Å². The zero-order valence-electron chi connectivity index (χ0n) is 14.0. The summed E-state index contributed by atoms with van der Waals surface area (Å²) < 4.78 is 49.7. The maximum Gasteiger partial charge on any atom is 0.244 e. The second-order valence-corrected chi connectivity index (χ2v) is 6.44. The standard InChI is InChI=1S/C19H18F3N3O/c20-13-5-2-8-16-17(13)19(26-11-12-4-3-9-23-10-12)24-25(16)18-14(21)6-1-7-15(18)22/h1-2,5-8,12,23H,3-4,9-11H2. The molecule has 1 unspecified atom stereocenters. The first-order valence-corrected chi connectivity index (χ1v) is 8.60. The normalized spacial score (nSPS) is 17.6. The minimum absolute atomic E-state index is 0.0475. The molecule has 1 atom stereocenters. The maximum atomic E-state index is 14.4. The molecular weight excluding hydrogens is 343 g/mol. The van der Waals surface area contributed by atoms with E-state index in [1.165, 1.54) is 18.2 Å². The first-order chi connectivity index (χ1) is 12.6. The van der Waals surface area contributed by atoms with Crippen LogP contribution >= 0.6 is 0 Å². The van der Waals surface area contributed by atoms with Gasteiger partial charge in [0.05, 0.1) is 17.5 Å². The SMILES string of the molecule is Fc1cccc(F)c1-n1nc(OCC2CCCNC2)c2c(F)cccc21. The quantitative estimate of drug-likeness (QED) is 0.768. The highest BCUT2D eigenvalue weighted by atomic mass is 19.1. The van der Waals surface area contributed by atoms with Crippen molar-refractivity contribution in [1.29, 1.82) is 0 Å². The molecule has 1 aliphatic rings. The van der Waals surface area contributed by atoms with Crippen molar-refractivity contribution in [3.63, 3.8) is 0 Å². The van der Waals surface area contributed by atoms with E-state index in [0.717, 1.165) is 42.7 Å². The number of nitrogens with zero attached hydrogens (tertiary/aromatic N) is 2. The third-order valence-corrected chi connectivity index (χ3v) is 4.63. The number of aromatic nitrogens is 2. The van der Waals surface area contributed by atoms with Crippen molar-refractivity contribution in [3.8, 4) is 11.6 Å². The molecule has 2 aromatic carbocycles. The predicted molar refractivity (Wildman–Crippen MR) is 92.0 cm³/mol. The van der Waals surface area contributed by atoms with E-state index in [9.17, 15) is 13.2 Å². The van der Waals surface area contributed by atoms with Gasteiger partial charge in [0, 0.05) is 12.5 Å². The van der Waals surface area contributed by atoms with Crippen LogP contribution in [-0.2, 0) is 0 Å². The highest BCUT2D eigenvalue weighted by Crippen LogP contribution is 2.32. The van der Waals surface area contributed by atoms with Gasteiger partial charge in [0.1, 0.15) is 11.5 Å². The molecule has 0 amide bonds. The molecule has 0 radical (unpaired) electrons. The number of rotatable bonds is 4. The summed E-state index contributed by atoms with van der Waals surface area (Å²) in [6, 6.07) is 7.86. The predicted octanol–water partition coefficient (Wildman–Crippen LogP) is 3.82. The Morgan fingerprint density at radius 1 is 1.08 bits per heavy atom. The van der Waals surface area contributed by atoms with Gasteiger partial charge >= 0.3 is 0 Å². The molecular formula is C19H18F3N3O. The minimum Gasteiger partial charge on any atom is -0.476 e. The number of benzene rings is 2. The monoisotopic (exact) mass is 361 g/mol. The number of hydrogen-bond acceptors (Lipinski definition) is 3. The van der Waals surface area contributed by atoms with Crippen LogP contribution in [0.2, 0.25) is 0 Å². The highest BCUT2D eigenvalue weighted by Gasteiger charge is 2.22. The van der Waals surface area contributed by atoms with Gasteiger partial charge < -0.3 is 10.1 Å². The third kappa shape index (κ3) is 3.03.